The predicted molar refractivity (Wildman–Crippen MR) is 104 cm³/mol. The zero-order valence-electron chi connectivity index (χ0n) is 14.5. The zero-order chi connectivity index (χ0) is 18.4. The first kappa shape index (κ1) is 17.6. The van der Waals surface area contributed by atoms with Gasteiger partial charge in [0.2, 0.25) is 5.91 Å². The van der Waals surface area contributed by atoms with Crippen molar-refractivity contribution in [1.82, 2.24) is 9.97 Å². The lowest BCUT2D eigenvalue weighted by molar-refractivity contribution is -0.111. The van der Waals surface area contributed by atoms with Crippen LogP contribution in [0.5, 0.6) is 0 Å². The Balaban J connectivity index is 1.63. The summed E-state index contributed by atoms with van der Waals surface area (Å²) in [5.41, 5.74) is 3.90. The van der Waals surface area contributed by atoms with Crippen LogP contribution in [0, 0.1) is 0 Å². The van der Waals surface area contributed by atoms with Gasteiger partial charge in [-0.3, -0.25) is 9.78 Å². The Bertz CT molecular complexity index is 923. The molecule has 2 N–H and O–H groups in total. The molecule has 0 radical (unpaired) electrons. The highest BCUT2D eigenvalue weighted by atomic mass is 16.3. The lowest BCUT2D eigenvalue weighted by atomic mass is 10.2. The summed E-state index contributed by atoms with van der Waals surface area (Å²) < 4.78 is 0. The van der Waals surface area contributed by atoms with Crippen molar-refractivity contribution in [1.29, 1.82) is 0 Å². The van der Waals surface area contributed by atoms with Gasteiger partial charge in [0, 0.05) is 31.0 Å². The van der Waals surface area contributed by atoms with Gasteiger partial charge < -0.3 is 15.3 Å². The Hall–Kier alpha value is -3.25. The number of anilines is 2. The minimum Gasteiger partial charge on any atom is -0.395 e. The summed E-state index contributed by atoms with van der Waals surface area (Å²) in [6.07, 6.45) is 4.71. The molecule has 0 saturated carbocycles. The molecule has 3 aromatic rings. The van der Waals surface area contributed by atoms with E-state index in [1.54, 1.807) is 12.3 Å². The van der Waals surface area contributed by atoms with Crippen LogP contribution < -0.4 is 10.2 Å². The summed E-state index contributed by atoms with van der Waals surface area (Å²) in [6, 6.07) is 15.0. The first-order valence-corrected chi connectivity index (χ1v) is 8.28. The Morgan fingerprint density at radius 1 is 1.15 bits per heavy atom. The summed E-state index contributed by atoms with van der Waals surface area (Å²) in [6.45, 7) is 0.651. The monoisotopic (exact) mass is 348 g/mol. The summed E-state index contributed by atoms with van der Waals surface area (Å²) in [5, 5.41) is 11.8. The van der Waals surface area contributed by atoms with Crippen molar-refractivity contribution >= 4 is 34.4 Å². The van der Waals surface area contributed by atoms with Crippen molar-refractivity contribution in [3.05, 3.63) is 66.5 Å². The number of carbonyl (C=O) groups is 1. The van der Waals surface area contributed by atoms with Gasteiger partial charge in [-0.2, -0.15) is 0 Å². The third-order valence-corrected chi connectivity index (χ3v) is 3.88. The van der Waals surface area contributed by atoms with Crippen LogP contribution in [-0.2, 0) is 4.79 Å². The fraction of sp³-hybridized carbons (Fsp3) is 0.150. The predicted octanol–water partition coefficient (Wildman–Crippen LogP) is 2.71. The largest absolute Gasteiger partial charge is 0.395 e. The van der Waals surface area contributed by atoms with Crippen LogP contribution in [0.4, 0.5) is 11.4 Å². The van der Waals surface area contributed by atoms with Gasteiger partial charge in [-0.05, 0) is 42.5 Å². The average molecular weight is 348 g/mol. The highest BCUT2D eigenvalue weighted by Gasteiger charge is 2.02. The number of benzene rings is 2. The molecule has 0 bridgehead atoms. The Labute approximate surface area is 151 Å². The smallest absolute Gasteiger partial charge is 0.248 e. The second-order valence-corrected chi connectivity index (χ2v) is 5.80. The molecule has 2 aromatic carbocycles. The van der Waals surface area contributed by atoms with Gasteiger partial charge >= 0.3 is 0 Å². The fourth-order valence-corrected chi connectivity index (χ4v) is 2.48. The molecule has 0 unspecified atom stereocenters. The highest BCUT2D eigenvalue weighted by Crippen LogP contribution is 2.16. The number of aliphatic hydroxyl groups is 1. The van der Waals surface area contributed by atoms with Crippen LogP contribution in [-0.4, -0.2) is 41.2 Å². The Morgan fingerprint density at radius 3 is 2.62 bits per heavy atom. The van der Waals surface area contributed by atoms with Gasteiger partial charge in [0.1, 0.15) is 0 Å². The van der Waals surface area contributed by atoms with Crippen molar-refractivity contribution in [2.45, 2.75) is 0 Å². The molecule has 0 saturated heterocycles. The van der Waals surface area contributed by atoms with E-state index in [9.17, 15) is 4.79 Å². The number of carbonyl (C=O) groups excluding carboxylic acids is 1. The number of aromatic nitrogens is 2. The third kappa shape index (κ3) is 4.43. The number of hydrogen-bond donors (Lipinski definition) is 2. The van der Waals surface area contributed by atoms with E-state index in [0.717, 1.165) is 16.7 Å². The maximum Gasteiger partial charge on any atom is 0.248 e. The van der Waals surface area contributed by atoms with E-state index in [-0.39, 0.29) is 12.5 Å². The number of likely N-dealkylation sites (N-methyl/N-ethyl adjacent to an activating group) is 1. The van der Waals surface area contributed by atoms with Crippen LogP contribution in [0.25, 0.3) is 17.1 Å². The summed E-state index contributed by atoms with van der Waals surface area (Å²) in [7, 11) is 1.90. The number of nitrogens with one attached hydrogen (secondary N) is 1. The normalized spacial score (nSPS) is 11.0. The molecule has 0 fully saturated rings. The number of aliphatic hydroxyl groups excluding tert-OH is 1. The van der Waals surface area contributed by atoms with Crippen molar-refractivity contribution in [2.24, 2.45) is 0 Å². The summed E-state index contributed by atoms with van der Waals surface area (Å²) in [4.78, 5) is 22.8. The molecule has 6 heteroatoms. The fourth-order valence-electron chi connectivity index (χ4n) is 2.48. The summed E-state index contributed by atoms with van der Waals surface area (Å²) in [5.74, 6) is -0.239. The molecule has 0 spiro atoms. The van der Waals surface area contributed by atoms with Crippen molar-refractivity contribution in [3.8, 4) is 0 Å². The van der Waals surface area contributed by atoms with E-state index < -0.39 is 0 Å². The molecule has 0 aliphatic heterocycles. The molecule has 26 heavy (non-hydrogen) atoms. The Morgan fingerprint density at radius 2 is 1.88 bits per heavy atom. The molecule has 0 aliphatic carbocycles. The van der Waals surface area contributed by atoms with Gasteiger partial charge in [0.25, 0.3) is 0 Å². The van der Waals surface area contributed by atoms with Gasteiger partial charge in [-0.25, -0.2) is 4.98 Å². The van der Waals surface area contributed by atoms with Crippen molar-refractivity contribution in [3.63, 3.8) is 0 Å². The van der Waals surface area contributed by atoms with E-state index in [4.69, 9.17) is 5.11 Å². The molecule has 132 valence electrons. The lowest BCUT2D eigenvalue weighted by Gasteiger charge is -2.18. The molecule has 6 nitrogen and oxygen atoms in total. The first-order valence-electron chi connectivity index (χ1n) is 8.28. The molecule has 1 amide bonds. The van der Waals surface area contributed by atoms with Crippen molar-refractivity contribution in [2.75, 3.05) is 30.4 Å². The van der Waals surface area contributed by atoms with Gasteiger partial charge in [0.05, 0.1) is 29.5 Å². The molecular weight excluding hydrogens is 328 g/mol. The van der Waals surface area contributed by atoms with Crippen LogP contribution in [0.15, 0.2) is 60.8 Å². The second kappa shape index (κ2) is 8.22. The Kier molecular flexibility index (Phi) is 5.56. The van der Waals surface area contributed by atoms with Crippen molar-refractivity contribution < 1.29 is 9.90 Å². The van der Waals surface area contributed by atoms with Gasteiger partial charge in [-0.15, -0.1) is 0 Å². The average Bonchev–Trinajstić information content (AvgIpc) is 2.67. The van der Waals surface area contributed by atoms with E-state index in [1.165, 1.54) is 6.08 Å². The number of nitrogens with zero attached hydrogens (tertiary/aromatic N) is 3. The number of rotatable bonds is 6. The molecule has 1 aromatic heterocycles. The minimum atomic E-state index is -0.239. The number of amides is 1. The first-order chi connectivity index (χ1) is 12.7. The lowest BCUT2D eigenvalue weighted by Crippen LogP contribution is -2.20. The highest BCUT2D eigenvalue weighted by molar-refractivity contribution is 6.01. The zero-order valence-corrected chi connectivity index (χ0v) is 14.5. The second-order valence-electron chi connectivity index (χ2n) is 5.80. The van der Waals surface area contributed by atoms with E-state index in [0.29, 0.717) is 17.9 Å². The maximum atomic E-state index is 12.1. The van der Waals surface area contributed by atoms with Gasteiger partial charge in [0.15, 0.2) is 0 Å². The van der Waals surface area contributed by atoms with Crippen LogP contribution >= 0.6 is 0 Å². The van der Waals surface area contributed by atoms with E-state index in [1.807, 2.05) is 60.5 Å². The van der Waals surface area contributed by atoms with Crippen LogP contribution in [0.1, 0.15) is 5.69 Å². The summed E-state index contributed by atoms with van der Waals surface area (Å²) >= 11 is 0. The third-order valence-electron chi connectivity index (χ3n) is 3.88. The minimum absolute atomic E-state index is 0.0947. The van der Waals surface area contributed by atoms with Gasteiger partial charge in [-0.1, -0.05) is 12.1 Å². The topological polar surface area (TPSA) is 78.4 Å². The maximum absolute atomic E-state index is 12.1. The standard InChI is InChI=1S/C20H20N4O2/c1-24(12-13-25)17-9-6-15(7-10-17)23-20(26)11-8-16-14-21-18-4-2-3-5-19(18)22-16/h2-11,14,25H,12-13H2,1H3,(H,23,26)/b11-8+. The quantitative estimate of drug-likeness (QED) is 0.670. The molecular formula is C20H20N4O2. The molecule has 1 heterocycles. The molecule has 0 atom stereocenters. The number of para-hydroxylation sites is 2. The van der Waals surface area contributed by atoms with Crippen LogP contribution in [0.3, 0.4) is 0 Å². The van der Waals surface area contributed by atoms with E-state index in [2.05, 4.69) is 15.3 Å². The number of fused-ring (bicyclic) bond motifs is 1. The number of hydrogen-bond acceptors (Lipinski definition) is 5. The molecule has 3 rings (SSSR count). The van der Waals surface area contributed by atoms with Crippen LogP contribution in [0.2, 0.25) is 0 Å². The SMILES string of the molecule is CN(CCO)c1ccc(NC(=O)/C=C/c2cnc3ccccc3n2)cc1. The van der Waals surface area contributed by atoms with E-state index >= 15 is 0 Å². The molecule has 0 aliphatic rings.